The molecule has 0 aliphatic heterocycles. The van der Waals surface area contributed by atoms with Gasteiger partial charge < -0.3 is 9.47 Å². The van der Waals surface area contributed by atoms with Crippen LogP contribution in [0.1, 0.15) is 5.56 Å². The van der Waals surface area contributed by atoms with Crippen molar-refractivity contribution < 1.29 is 19.1 Å². The van der Waals surface area contributed by atoms with E-state index in [-0.39, 0.29) is 6.61 Å². The lowest BCUT2D eigenvalue weighted by molar-refractivity contribution is -0.128. The predicted molar refractivity (Wildman–Crippen MR) is 116 cm³/mol. The number of carbonyl (C=O) groups is 2. The molecule has 0 radical (unpaired) electrons. The maximum Gasteiger partial charge on any atom is 0.276 e. The van der Waals surface area contributed by atoms with E-state index in [1.54, 1.807) is 31.4 Å². The quantitative estimate of drug-likeness (QED) is 0.468. The topological polar surface area (TPSA) is 76.7 Å². The molecule has 3 aromatic carbocycles. The summed E-state index contributed by atoms with van der Waals surface area (Å²) in [6.45, 7) is -0.221. The fourth-order valence-corrected chi connectivity index (χ4v) is 2.70. The number of rotatable bonds is 7. The van der Waals surface area contributed by atoms with Crippen molar-refractivity contribution in [3.05, 3.63) is 90.5 Å². The molecule has 0 fully saturated rings. The van der Waals surface area contributed by atoms with Gasteiger partial charge >= 0.3 is 0 Å². The highest BCUT2D eigenvalue weighted by molar-refractivity contribution is 5.93. The standard InChI is InChI=1S/C24H22N2O4/c1-29-22-10-6-5-9-20(22)13-16-23(27)25-26-24(28)17-30-21-14-11-19(12-15-21)18-7-3-2-4-8-18/h2-16H,17H2,1H3,(H,25,27)(H,26,28)/b16-13+. The highest BCUT2D eigenvalue weighted by Gasteiger charge is 2.05. The van der Waals surface area contributed by atoms with Crippen molar-refractivity contribution >= 4 is 17.9 Å². The van der Waals surface area contributed by atoms with Crippen LogP contribution >= 0.6 is 0 Å². The third-order valence-corrected chi connectivity index (χ3v) is 4.21. The summed E-state index contributed by atoms with van der Waals surface area (Å²) in [5.74, 6) is 0.271. The number of ether oxygens (including phenoxy) is 2. The average molecular weight is 402 g/mol. The molecule has 0 heterocycles. The van der Waals surface area contributed by atoms with Gasteiger partial charge in [-0.2, -0.15) is 0 Å². The minimum Gasteiger partial charge on any atom is -0.496 e. The van der Waals surface area contributed by atoms with Gasteiger partial charge in [0, 0.05) is 11.6 Å². The predicted octanol–water partition coefficient (Wildman–Crippen LogP) is 3.60. The zero-order valence-electron chi connectivity index (χ0n) is 16.5. The molecule has 0 saturated carbocycles. The second-order valence-corrected chi connectivity index (χ2v) is 6.29. The number of hydrogen-bond donors (Lipinski definition) is 2. The van der Waals surface area contributed by atoms with E-state index < -0.39 is 11.8 Å². The molecule has 3 aromatic rings. The maximum atomic E-state index is 11.9. The van der Waals surface area contributed by atoms with Crippen LogP contribution < -0.4 is 20.3 Å². The summed E-state index contributed by atoms with van der Waals surface area (Å²) >= 11 is 0. The minimum absolute atomic E-state index is 0.221. The Hall–Kier alpha value is -4.06. The Morgan fingerprint density at radius 3 is 2.23 bits per heavy atom. The summed E-state index contributed by atoms with van der Waals surface area (Å²) in [6.07, 6.45) is 2.91. The number of hydrogen-bond acceptors (Lipinski definition) is 4. The molecule has 30 heavy (non-hydrogen) atoms. The van der Waals surface area contributed by atoms with Crippen molar-refractivity contribution in [1.29, 1.82) is 0 Å². The first-order valence-electron chi connectivity index (χ1n) is 9.34. The summed E-state index contributed by atoms with van der Waals surface area (Å²) in [5, 5.41) is 0. The molecule has 0 bridgehead atoms. The van der Waals surface area contributed by atoms with Gasteiger partial charge in [-0.3, -0.25) is 20.4 Å². The first-order valence-corrected chi connectivity index (χ1v) is 9.34. The molecule has 6 heteroatoms. The van der Waals surface area contributed by atoms with Crippen LogP contribution in [0, 0.1) is 0 Å². The van der Waals surface area contributed by atoms with Crippen LogP contribution in [-0.4, -0.2) is 25.5 Å². The van der Waals surface area contributed by atoms with Gasteiger partial charge in [0.1, 0.15) is 11.5 Å². The van der Waals surface area contributed by atoms with Gasteiger partial charge in [-0.25, -0.2) is 0 Å². The van der Waals surface area contributed by atoms with Crippen molar-refractivity contribution in [2.75, 3.05) is 13.7 Å². The largest absolute Gasteiger partial charge is 0.496 e. The fourth-order valence-electron chi connectivity index (χ4n) is 2.70. The minimum atomic E-state index is -0.471. The zero-order valence-corrected chi connectivity index (χ0v) is 16.5. The van der Waals surface area contributed by atoms with E-state index in [4.69, 9.17) is 9.47 Å². The van der Waals surface area contributed by atoms with E-state index in [9.17, 15) is 9.59 Å². The monoisotopic (exact) mass is 402 g/mol. The maximum absolute atomic E-state index is 11.9. The lowest BCUT2D eigenvalue weighted by Crippen LogP contribution is -2.43. The first-order chi connectivity index (χ1) is 14.7. The van der Waals surface area contributed by atoms with Crippen LogP contribution in [0.25, 0.3) is 17.2 Å². The van der Waals surface area contributed by atoms with Crippen LogP contribution in [0.5, 0.6) is 11.5 Å². The lowest BCUT2D eigenvalue weighted by atomic mass is 10.1. The van der Waals surface area contributed by atoms with Crippen LogP contribution in [0.15, 0.2) is 84.9 Å². The van der Waals surface area contributed by atoms with Crippen molar-refractivity contribution in [2.24, 2.45) is 0 Å². The van der Waals surface area contributed by atoms with Crippen LogP contribution in [0.4, 0.5) is 0 Å². The van der Waals surface area contributed by atoms with E-state index in [1.807, 2.05) is 60.7 Å². The Kier molecular flexibility index (Phi) is 7.22. The molecule has 0 aliphatic carbocycles. The van der Waals surface area contributed by atoms with Crippen LogP contribution in [-0.2, 0) is 9.59 Å². The number of carbonyl (C=O) groups excluding carboxylic acids is 2. The van der Waals surface area contributed by atoms with Gasteiger partial charge in [0.2, 0.25) is 0 Å². The van der Waals surface area contributed by atoms with Gasteiger partial charge in [-0.15, -0.1) is 0 Å². The Morgan fingerprint density at radius 2 is 1.50 bits per heavy atom. The Bertz CT molecular complexity index is 1010. The Labute approximate surface area is 175 Å². The normalized spacial score (nSPS) is 10.4. The first kappa shape index (κ1) is 20.7. The SMILES string of the molecule is COc1ccccc1/C=C/C(=O)NNC(=O)COc1ccc(-c2ccccc2)cc1. The average Bonchev–Trinajstić information content (AvgIpc) is 2.81. The number of benzene rings is 3. The highest BCUT2D eigenvalue weighted by atomic mass is 16.5. The molecule has 2 N–H and O–H groups in total. The molecule has 3 rings (SSSR count). The van der Waals surface area contributed by atoms with E-state index in [2.05, 4.69) is 10.9 Å². The number of para-hydroxylation sites is 1. The van der Waals surface area contributed by atoms with Gasteiger partial charge in [0.25, 0.3) is 11.8 Å². The molecule has 0 aromatic heterocycles. The lowest BCUT2D eigenvalue weighted by Gasteiger charge is -2.08. The summed E-state index contributed by atoms with van der Waals surface area (Å²) in [6, 6.07) is 24.7. The molecule has 0 spiro atoms. The number of methoxy groups -OCH3 is 1. The fraction of sp³-hybridized carbons (Fsp3) is 0.0833. The third kappa shape index (κ3) is 5.97. The summed E-state index contributed by atoms with van der Waals surface area (Å²) in [7, 11) is 1.56. The summed E-state index contributed by atoms with van der Waals surface area (Å²) < 4.78 is 10.7. The molecule has 0 aliphatic rings. The summed E-state index contributed by atoms with van der Waals surface area (Å²) in [5.41, 5.74) is 7.53. The van der Waals surface area contributed by atoms with Crippen LogP contribution in [0.3, 0.4) is 0 Å². The van der Waals surface area contributed by atoms with Crippen LogP contribution in [0.2, 0.25) is 0 Å². The molecule has 0 saturated heterocycles. The van der Waals surface area contributed by atoms with Gasteiger partial charge in [0.05, 0.1) is 7.11 Å². The molecule has 0 atom stereocenters. The Morgan fingerprint density at radius 1 is 0.833 bits per heavy atom. The summed E-state index contributed by atoms with van der Waals surface area (Å²) in [4.78, 5) is 23.8. The van der Waals surface area contributed by atoms with E-state index in [0.717, 1.165) is 16.7 Å². The third-order valence-electron chi connectivity index (χ3n) is 4.21. The molecular formula is C24H22N2O4. The van der Waals surface area contributed by atoms with Gasteiger partial charge in [0.15, 0.2) is 6.61 Å². The van der Waals surface area contributed by atoms with Crippen molar-refractivity contribution in [3.8, 4) is 22.6 Å². The van der Waals surface area contributed by atoms with Gasteiger partial charge in [-0.1, -0.05) is 60.7 Å². The number of hydrazine groups is 1. The molecule has 0 unspecified atom stereocenters. The molecular weight excluding hydrogens is 380 g/mol. The second-order valence-electron chi connectivity index (χ2n) is 6.29. The second kappa shape index (κ2) is 10.5. The Balaban J connectivity index is 1.43. The van der Waals surface area contributed by atoms with Crippen molar-refractivity contribution in [3.63, 3.8) is 0 Å². The smallest absolute Gasteiger partial charge is 0.276 e. The zero-order chi connectivity index (χ0) is 21.2. The van der Waals surface area contributed by atoms with Crippen molar-refractivity contribution in [2.45, 2.75) is 0 Å². The molecule has 2 amide bonds. The highest BCUT2D eigenvalue weighted by Crippen LogP contribution is 2.22. The molecule has 152 valence electrons. The molecule has 6 nitrogen and oxygen atoms in total. The van der Waals surface area contributed by atoms with Crippen molar-refractivity contribution in [1.82, 2.24) is 10.9 Å². The van der Waals surface area contributed by atoms with Gasteiger partial charge in [-0.05, 0) is 35.4 Å². The number of nitrogens with one attached hydrogen (secondary N) is 2. The van der Waals surface area contributed by atoms with E-state index >= 15 is 0 Å². The van der Waals surface area contributed by atoms with E-state index in [0.29, 0.717) is 11.5 Å². The number of amides is 2. The van der Waals surface area contributed by atoms with E-state index in [1.165, 1.54) is 6.08 Å².